The zero-order valence-electron chi connectivity index (χ0n) is 9.45. The van der Waals surface area contributed by atoms with Gasteiger partial charge in [0.2, 0.25) is 11.2 Å². The van der Waals surface area contributed by atoms with E-state index in [9.17, 15) is 18.9 Å². The quantitative estimate of drug-likeness (QED) is 0.807. The molecule has 0 radical (unpaired) electrons. The number of phenolic OH excluding ortho intramolecular Hbond substituents is 1. The van der Waals surface area contributed by atoms with E-state index in [0.717, 1.165) is 16.4 Å². The number of carbonyl (C=O) groups excluding carboxylic acids is 2. The van der Waals surface area contributed by atoms with Gasteiger partial charge in [-0.3, -0.25) is 18.6 Å². The van der Waals surface area contributed by atoms with Crippen molar-refractivity contribution in [3.63, 3.8) is 0 Å². The standard InChI is InChI=1S/C11H8N2O4S2/c14-5-7-1-6-2-8(9(15)3-10(6)18-7)13-4-11(16)12-19(13)17/h1-3,5,15H,4H2,(H,12,16). The first-order chi connectivity index (χ1) is 9.08. The van der Waals surface area contributed by atoms with Crippen molar-refractivity contribution in [2.24, 2.45) is 0 Å². The zero-order chi connectivity index (χ0) is 13.6. The Morgan fingerprint density at radius 3 is 2.84 bits per heavy atom. The summed E-state index contributed by atoms with van der Waals surface area (Å²) in [6.45, 7) is -0.0731. The SMILES string of the molecule is O=Cc1cc2cc(N3CC(=O)NS3=O)c(O)cc2s1. The number of fused-ring (bicyclic) bond motifs is 1. The molecule has 1 aromatic carbocycles. The summed E-state index contributed by atoms with van der Waals surface area (Å²) in [5.74, 6) is -0.437. The van der Waals surface area contributed by atoms with Crippen LogP contribution < -0.4 is 9.03 Å². The van der Waals surface area contributed by atoms with E-state index >= 15 is 0 Å². The molecule has 1 aliphatic rings. The third-order valence-electron chi connectivity index (χ3n) is 2.71. The van der Waals surface area contributed by atoms with Crippen molar-refractivity contribution in [3.05, 3.63) is 23.1 Å². The molecule has 1 aliphatic heterocycles. The maximum atomic E-state index is 11.7. The molecule has 0 bridgehead atoms. The topological polar surface area (TPSA) is 86.7 Å². The highest BCUT2D eigenvalue weighted by Gasteiger charge is 2.29. The number of thiophene rings is 1. The minimum absolute atomic E-state index is 0.0725. The van der Waals surface area contributed by atoms with Crippen LogP contribution in [0.5, 0.6) is 5.75 Å². The fourth-order valence-electron chi connectivity index (χ4n) is 1.89. The molecule has 19 heavy (non-hydrogen) atoms. The van der Waals surface area contributed by atoms with Gasteiger partial charge in [-0.05, 0) is 23.6 Å². The summed E-state index contributed by atoms with van der Waals surface area (Å²) in [5, 5.41) is 10.7. The van der Waals surface area contributed by atoms with Crippen molar-refractivity contribution >= 4 is 50.5 Å². The Morgan fingerprint density at radius 1 is 1.42 bits per heavy atom. The largest absolute Gasteiger partial charge is 0.506 e. The van der Waals surface area contributed by atoms with Crippen LogP contribution in [0.25, 0.3) is 10.1 Å². The van der Waals surface area contributed by atoms with Crippen LogP contribution in [0, 0.1) is 0 Å². The molecule has 3 rings (SSSR count). The minimum atomic E-state index is -1.68. The number of hydrogen-bond acceptors (Lipinski definition) is 5. The van der Waals surface area contributed by atoms with E-state index in [1.807, 2.05) is 0 Å². The number of aldehydes is 1. The second kappa shape index (κ2) is 4.32. The minimum Gasteiger partial charge on any atom is -0.506 e. The smallest absolute Gasteiger partial charge is 0.253 e. The molecule has 1 saturated heterocycles. The molecule has 98 valence electrons. The summed E-state index contributed by atoms with van der Waals surface area (Å²) in [4.78, 5) is 22.5. The van der Waals surface area contributed by atoms with E-state index < -0.39 is 11.2 Å². The van der Waals surface area contributed by atoms with E-state index in [1.54, 1.807) is 12.1 Å². The Morgan fingerprint density at radius 2 is 2.21 bits per heavy atom. The normalized spacial score (nSPS) is 18.8. The van der Waals surface area contributed by atoms with Crippen LogP contribution in [-0.2, 0) is 16.0 Å². The van der Waals surface area contributed by atoms with Gasteiger partial charge in [0.15, 0.2) is 6.29 Å². The van der Waals surface area contributed by atoms with E-state index in [2.05, 4.69) is 4.72 Å². The van der Waals surface area contributed by atoms with Gasteiger partial charge >= 0.3 is 0 Å². The highest BCUT2D eigenvalue weighted by molar-refractivity contribution is 7.85. The molecule has 2 N–H and O–H groups in total. The maximum Gasteiger partial charge on any atom is 0.253 e. The number of aromatic hydroxyl groups is 1. The third-order valence-corrected chi connectivity index (χ3v) is 4.86. The average molecular weight is 296 g/mol. The summed E-state index contributed by atoms with van der Waals surface area (Å²) >= 11 is -0.423. The fourth-order valence-corrected chi connectivity index (χ4v) is 3.71. The Balaban J connectivity index is 2.13. The second-order valence-electron chi connectivity index (χ2n) is 3.96. The Kier molecular flexibility index (Phi) is 2.76. The van der Waals surface area contributed by atoms with Gasteiger partial charge < -0.3 is 5.11 Å². The first-order valence-electron chi connectivity index (χ1n) is 5.29. The lowest BCUT2D eigenvalue weighted by Gasteiger charge is -2.15. The summed E-state index contributed by atoms with van der Waals surface area (Å²) in [6, 6.07) is 4.80. The van der Waals surface area contributed by atoms with Gasteiger partial charge in [-0.25, -0.2) is 4.21 Å². The van der Waals surface area contributed by atoms with Crippen molar-refractivity contribution < 1.29 is 18.9 Å². The number of rotatable bonds is 2. The number of hydrogen-bond donors (Lipinski definition) is 2. The van der Waals surface area contributed by atoms with Crippen molar-refractivity contribution in [3.8, 4) is 5.75 Å². The first-order valence-corrected chi connectivity index (χ1v) is 7.21. The lowest BCUT2D eigenvalue weighted by atomic mass is 10.2. The lowest BCUT2D eigenvalue weighted by Crippen LogP contribution is -2.22. The lowest BCUT2D eigenvalue weighted by molar-refractivity contribution is -0.117. The Bertz CT molecular complexity index is 725. The molecule has 8 heteroatoms. The molecule has 1 aromatic heterocycles. The van der Waals surface area contributed by atoms with Crippen LogP contribution in [0.1, 0.15) is 9.67 Å². The van der Waals surface area contributed by atoms with Gasteiger partial charge in [0.05, 0.1) is 10.6 Å². The molecule has 2 heterocycles. The predicted molar refractivity (Wildman–Crippen MR) is 72.5 cm³/mol. The van der Waals surface area contributed by atoms with E-state index in [0.29, 0.717) is 10.6 Å². The maximum absolute atomic E-state index is 11.7. The monoisotopic (exact) mass is 296 g/mol. The number of carbonyl (C=O) groups is 2. The molecule has 0 saturated carbocycles. The van der Waals surface area contributed by atoms with E-state index in [-0.39, 0.29) is 18.2 Å². The average Bonchev–Trinajstić information content (AvgIpc) is 2.90. The summed E-state index contributed by atoms with van der Waals surface area (Å²) in [5.41, 5.74) is 0.305. The number of phenols is 1. The van der Waals surface area contributed by atoms with Crippen LogP contribution >= 0.6 is 11.3 Å². The first kappa shape index (κ1) is 12.1. The molecular weight excluding hydrogens is 288 g/mol. The van der Waals surface area contributed by atoms with Crippen LogP contribution in [-0.4, -0.2) is 28.1 Å². The molecule has 0 spiro atoms. The summed E-state index contributed by atoms with van der Waals surface area (Å²) in [6.07, 6.45) is 0.737. The summed E-state index contributed by atoms with van der Waals surface area (Å²) in [7, 11) is 0. The van der Waals surface area contributed by atoms with E-state index in [1.165, 1.54) is 21.7 Å². The highest BCUT2D eigenvalue weighted by Crippen LogP contribution is 2.37. The van der Waals surface area contributed by atoms with Crippen LogP contribution in [0.15, 0.2) is 18.2 Å². The Labute approximate surface area is 114 Å². The van der Waals surface area contributed by atoms with Gasteiger partial charge in [-0.2, -0.15) is 0 Å². The molecule has 1 unspecified atom stereocenters. The van der Waals surface area contributed by atoms with Crippen molar-refractivity contribution in [1.29, 1.82) is 0 Å². The van der Waals surface area contributed by atoms with Crippen molar-refractivity contribution in [2.75, 3.05) is 10.8 Å². The number of amides is 1. The fraction of sp³-hybridized carbons (Fsp3) is 0.0909. The second-order valence-corrected chi connectivity index (χ2v) is 6.21. The third kappa shape index (κ3) is 1.98. The molecule has 6 nitrogen and oxygen atoms in total. The molecule has 0 aliphatic carbocycles. The van der Waals surface area contributed by atoms with Crippen molar-refractivity contribution in [2.45, 2.75) is 0 Å². The molecule has 1 amide bonds. The van der Waals surface area contributed by atoms with Gasteiger partial charge in [0.1, 0.15) is 12.3 Å². The molecule has 2 aromatic rings. The number of benzene rings is 1. The highest BCUT2D eigenvalue weighted by atomic mass is 32.2. The van der Waals surface area contributed by atoms with Gasteiger partial charge in [-0.1, -0.05) is 0 Å². The summed E-state index contributed by atoms with van der Waals surface area (Å²) < 4.78 is 16.0. The van der Waals surface area contributed by atoms with Crippen LogP contribution in [0.3, 0.4) is 0 Å². The number of nitrogens with zero attached hydrogens (tertiary/aromatic N) is 1. The number of nitrogens with one attached hydrogen (secondary N) is 1. The van der Waals surface area contributed by atoms with Gasteiger partial charge in [0.25, 0.3) is 5.91 Å². The molecular formula is C11H8N2O4S2. The zero-order valence-corrected chi connectivity index (χ0v) is 11.1. The van der Waals surface area contributed by atoms with Gasteiger partial charge in [0, 0.05) is 4.70 Å². The van der Waals surface area contributed by atoms with E-state index in [4.69, 9.17) is 0 Å². The van der Waals surface area contributed by atoms with Crippen molar-refractivity contribution in [1.82, 2.24) is 4.72 Å². The van der Waals surface area contributed by atoms with Gasteiger partial charge in [-0.15, -0.1) is 11.3 Å². The molecule has 1 fully saturated rings. The van der Waals surface area contributed by atoms with Crippen LogP contribution in [0.4, 0.5) is 5.69 Å². The van der Waals surface area contributed by atoms with Crippen LogP contribution in [0.2, 0.25) is 0 Å². The number of anilines is 1. The predicted octanol–water partition coefficient (Wildman–Crippen LogP) is 0.934. The molecule has 1 atom stereocenters. The Hall–Kier alpha value is -1.93.